The Morgan fingerprint density at radius 1 is 1.38 bits per heavy atom. The van der Waals surface area contributed by atoms with Gasteiger partial charge in [-0.25, -0.2) is 12.7 Å². The van der Waals surface area contributed by atoms with Crippen LogP contribution in [0.4, 0.5) is 0 Å². The van der Waals surface area contributed by atoms with Gasteiger partial charge in [0.05, 0.1) is 0 Å². The number of hydrogen-bond acceptors (Lipinski definition) is 4. The fourth-order valence-corrected chi connectivity index (χ4v) is 3.72. The highest BCUT2D eigenvalue weighted by molar-refractivity contribution is 7.91. The van der Waals surface area contributed by atoms with Crippen LogP contribution in [0.3, 0.4) is 0 Å². The van der Waals surface area contributed by atoms with Crippen molar-refractivity contribution in [3.05, 3.63) is 17.0 Å². The number of nitrogens with one attached hydrogen (secondary N) is 1. The smallest absolute Gasteiger partial charge is 0.252 e. The second-order valence-electron chi connectivity index (χ2n) is 3.61. The summed E-state index contributed by atoms with van der Waals surface area (Å²) in [5.74, 6) is 0. The molecule has 0 atom stereocenters. The second kappa shape index (κ2) is 5.77. The molecule has 0 aliphatic rings. The normalized spacial score (nSPS) is 12.2. The monoisotopic (exact) mass is 262 g/mol. The van der Waals surface area contributed by atoms with Crippen LogP contribution >= 0.6 is 11.3 Å². The average Bonchev–Trinajstić information content (AvgIpc) is 2.67. The summed E-state index contributed by atoms with van der Waals surface area (Å²) in [6, 6.07) is 3.57. The fourth-order valence-electron chi connectivity index (χ4n) is 1.20. The van der Waals surface area contributed by atoms with E-state index in [0.29, 0.717) is 4.21 Å². The summed E-state index contributed by atoms with van der Waals surface area (Å²) in [5.41, 5.74) is 0. The molecule has 1 aromatic rings. The average molecular weight is 262 g/mol. The van der Waals surface area contributed by atoms with Crippen LogP contribution < -0.4 is 5.32 Å². The minimum absolute atomic E-state index is 0.420. The summed E-state index contributed by atoms with van der Waals surface area (Å²) in [6.45, 7) is 3.88. The molecule has 0 radical (unpaired) electrons. The standard InChI is InChI=1S/C10H18N2O2S2/c1-4-11-8-7-9-5-6-10(15-9)16(13,14)12(2)3/h5-6,11H,4,7-8H2,1-3H3. The first-order chi connectivity index (χ1) is 7.48. The Hall–Kier alpha value is -0.430. The van der Waals surface area contributed by atoms with E-state index < -0.39 is 10.0 Å². The van der Waals surface area contributed by atoms with Crippen molar-refractivity contribution < 1.29 is 8.42 Å². The van der Waals surface area contributed by atoms with Gasteiger partial charge < -0.3 is 5.32 Å². The zero-order valence-electron chi connectivity index (χ0n) is 9.86. The van der Waals surface area contributed by atoms with Gasteiger partial charge >= 0.3 is 0 Å². The highest BCUT2D eigenvalue weighted by atomic mass is 32.2. The highest BCUT2D eigenvalue weighted by Crippen LogP contribution is 2.23. The van der Waals surface area contributed by atoms with Gasteiger partial charge in [-0.05, 0) is 31.6 Å². The molecule has 0 fully saturated rings. The third-order valence-corrected chi connectivity index (χ3v) is 5.60. The van der Waals surface area contributed by atoms with Gasteiger partial charge in [0, 0.05) is 19.0 Å². The summed E-state index contributed by atoms with van der Waals surface area (Å²) < 4.78 is 25.3. The molecule has 0 amide bonds. The molecular formula is C10H18N2O2S2. The first-order valence-electron chi connectivity index (χ1n) is 5.20. The maximum absolute atomic E-state index is 11.8. The topological polar surface area (TPSA) is 49.4 Å². The van der Waals surface area contributed by atoms with Crippen molar-refractivity contribution in [2.24, 2.45) is 0 Å². The van der Waals surface area contributed by atoms with E-state index in [1.54, 1.807) is 20.2 Å². The van der Waals surface area contributed by atoms with Gasteiger partial charge in [-0.1, -0.05) is 6.92 Å². The molecule has 1 rings (SSSR count). The molecule has 6 heteroatoms. The molecule has 0 unspecified atom stereocenters. The van der Waals surface area contributed by atoms with Crippen molar-refractivity contribution in [3.8, 4) is 0 Å². The van der Waals surface area contributed by atoms with Crippen molar-refractivity contribution in [2.75, 3.05) is 27.2 Å². The first-order valence-corrected chi connectivity index (χ1v) is 7.46. The SMILES string of the molecule is CCNCCc1ccc(S(=O)(=O)N(C)C)s1. The highest BCUT2D eigenvalue weighted by Gasteiger charge is 2.19. The number of thiophene rings is 1. The fraction of sp³-hybridized carbons (Fsp3) is 0.600. The Kier molecular flexibility index (Phi) is 4.91. The lowest BCUT2D eigenvalue weighted by atomic mass is 10.3. The summed E-state index contributed by atoms with van der Waals surface area (Å²) in [7, 11) is -0.157. The summed E-state index contributed by atoms with van der Waals surface area (Å²) in [6.07, 6.45) is 0.876. The molecule has 1 aromatic heterocycles. The van der Waals surface area contributed by atoms with Crippen molar-refractivity contribution in [1.29, 1.82) is 0 Å². The van der Waals surface area contributed by atoms with Crippen molar-refractivity contribution in [3.63, 3.8) is 0 Å². The van der Waals surface area contributed by atoms with E-state index in [-0.39, 0.29) is 0 Å². The molecule has 0 aromatic carbocycles. The molecule has 0 spiro atoms. The van der Waals surface area contributed by atoms with Crippen molar-refractivity contribution >= 4 is 21.4 Å². The zero-order chi connectivity index (χ0) is 12.2. The van der Waals surface area contributed by atoms with Crippen LogP contribution in [0.2, 0.25) is 0 Å². The van der Waals surface area contributed by atoms with Gasteiger partial charge in [0.1, 0.15) is 4.21 Å². The molecule has 1 heterocycles. The van der Waals surface area contributed by atoms with Crippen LogP contribution in [0.5, 0.6) is 0 Å². The maximum atomic E-state index is 11.8. The first kappa shape index (κ1) is 13.6. The lowest BCUT2D eigenvalue weighted by Gasteiger charge is -2.08. The third-order valence-electron chi connectivity index (χ3n) is 2.17. The molecule has 4 nitrogen and oxygen atoms in total. The zero-order valence-corrected chi connectivity index (χ0v) is 11.5. The van der Waals surface area contributed by atoms with Gasteiger partial charge in [0.2, 0.25) is 0 Å². The second-order valence-corrected chi connectivity index (χ2v) is 7.16. The molecule has 92 valence electrons. The Bertz CT molecular complexity index is 424. The molecule has 0 bridgehead atoms. The maximum Gasteiger partial charge on any atom is 0.252 e. The summed E-state index contributed by atoms with van der Waals surface area (Å²) >= 11 is 1.35. The Labute approximate surface area is 101 Å². The van der Waals surface area contributed by atoms with E-state index in [1.165, 1.54) is 15.6 Å². The molecular weight excluding hydrogens is 244 g/mol. The minimum atomic E-state index is -3.26. The quantitative estimate of drug-likeness (QED) is 0.782. The van der Waals surface area contributed by atoms with Crippen LogP contribution in [0, 0.1) is 0 Å². The van der Waals surface area contributed by atoms with Crippen molar-refractivity contribution in [1.82, 2.24) is 9.62 Å². The molecule has 0 saturated carbocycles. The Morgan fingerprint density at radius 2 is 2.06 bits per heavy atom. The number of hydrogen-bond donors (Lipinski definition) is 1. The number of likely N-dealkylation sites (N-methyl/N-ethyl adjacent to an activating group) is 1. The molecule has 0 aliphatic carbocycles. The van der Waals surface area contributed by atoms with Crippen LogP contribution in [0.1, 0.15) is 11.8 Å². The third kappa shape index (κ3) is 3.28. The van der Waals surface area contributed by atoms with E-state index in [0.717, 1.165) is 24.4 Å². The van der Waals surface area contributed by atoms with E-state index in [4.69, 9.17) is 0 Å². The number of rotatable bonds is 6. The van der Waals surface area contributed by atoms with Gasteiger partial charge in [-0.2, -0.15) is 0 Å². The summed E-state index contributed by atoms with van der Waals surface area (Å²) in [4.78, 5) is 1.10. The van der Waals surface area contributed by atoms with Crippen molar-refractivity contribution in [2.45, 2.75) is 17.6 Å². The van der Waals surface area contributed by atoms with E-state index in [9.17, 15) is 8.42 Å². The van der Waals surface area contributed by atoms with Crippen LogP contribution in [0.25, 0.3) is 0 Å². The molecule has 1 N–H and O–H groups in total. The lowest BCUT2D eigenvalue weighted by Crippen LogP contribution is -2.21. The van der Waals surface area contributed by atoms with E-state index in [1.807, 2.05) is 6.07 Å². The lowest BCUT2D eigenvalue weighted by molar-refractivity contribution is 0.523. The Morgan fingerprint density at radius 3 is 2.62 bits per heavy atom. The van der Waals surface area contributed by atoms with Gasteiger partial charge in [-0.3, -0.25) is 0 Å². The van der Waals surface area contributed by atoms with Crippen LogP contribution in [-0.4, -0.2) is 39.9 Å². The number of nitrogens with zero attached hydrogens (tertiary/aromatic N) is 1. The minimum Gasteiger partial charge on any atom is -0.317 e. The van der Waals surface area contributed by atoms with Gasteiger partial charge in [0.25, 0.3) is 10.0 Å². The molecule has 0 saturated heterocycles. The van der Waals surface area contributed by atoms with E-state index in [2.05, 4.69) is 12.2 Å². The van der Waals surface area contributed by atoms with Crippen LogP contribution in [-0.2, 0) is 16.4 Å². The summed E-state index contributed by atoms with van der Waals surface area (Å²) in [5, 5.41) is 3.21. The molecule has 0 aliphatic heterocycles. The van der Waals surface area contributed by atoms with Gasteiger partial charge in [-0.15, -0.1) is 11.3 Å². The van der Waals surface area contributed by atoms with Crippen LogP contribution in [0.15, 0.2) is 16.3 Å². The van der Waals surface area contributed by atoms with Gasteiger partial charge in [0.15, 0.2) is 0 Å². The molecule has 16 heavy (non-hydrogen) atoms. The Balaban J connectivity index is 2.72. The predicted molar refractivity (Wildman–Crippen MR) is 67.4 cm³/mol. The predicted octanol–water partition coefficient (Wildman–Crippen LogP) is 1.15. The largest absolute Gasteiger partial charge is 0.317 e. The van der Waals surface area contributed by atoms with E-state index >= 15 is 0 Å². The number of sulfonamides is 1.